The van der Waals surface area contributed by atoms with Crippen LogP contribution in [0, 0.1) is 12.2 Å². The predicted octanol–water partition coefficient (Wildman–Crippen LogP) is 2.34. The van der Waals surface area contributed by atoms with Gasteiger partial charge in [0.2, 0.25) is 0 Å². The van der Waals surface area contributed by atoms with E-state index >= 15 is 0 Å². The van der Waals surface area contributed by atoms with Crippen molar-refractivity contribution in [2.75, 3.05) is 0 Å². The molecule has 0 nitrogen and oxygen atoms in total. The van der Waals surface area contributed by atoms with Gasteiger partial charge in [0.1, 0.15) is 0 Å². The van der Waals surface area contributed by atoms with Gasteiger partial charge in [0.25, 0.3) is 0 Å². The van der Waals surface area contributed by atoms with Gasteiger partial charge in [0.15, 0.2) is 0 Å². The second kappa shape index (κ2) is 7.69. The van der Waals surface area contributed by atoms with Crippen molar-refractivity contribution in [3.05, 3.63) is 48.6 Å². The van der Waals surface area contributed by atoms with E-state index in [1.54, 1.807) is 0 Å². The fourth-order valence-corrected chi connectivity index (χ4v) is 0.680. The third-order valence-corrected chi connectivity index (χ3v) is 1.17. The van der Waals surface area contributed by atoms with Crippen LogP contribution in [0.2, 0.25) is 0 Å². The third kappa shape index (κ3) is 6.00. The monoisotopic (exact) mass is 233 g/mol. The molecular weight excluding hydrogens is 221 g/mol. The van der Waals surface area contributed by atoms with E-state index in [-0.39, 0.29) is 19.5 Å². The molecule has 59 valence electrons. The molecule has 0 N–H and O–H groups in total. The van der Waals surface area contributed by atoms with E-state index in [1.165, 1.54) is 0 Å². The Morgan fingerprint density at radius 2 is 1.27 bits per heavy atom. The minimum atomic E-state index is 0. The van der Waals surface area contributed by atoms with Gasteiger partial charge in [-0.3, -0.25) is 12.2 Å². The van der Waals surface area contributed by atoms with Crippen molar-refractivity contribution in [3.8, 4) is 0 Å². The normalized spacial score (nSPS) is 16.0. The Morgan fingerprint density at radius 3 is 1.36 bits per heavy atom. The van der Waals surface area contributed by atoms with Crippen molar-refractivity contribution >= 4 is 0 Å². The topological polar surface area (TPSA) is 0 Å². The van der Waals surface area contributed by atoms with Gasteiger partial charge in [-0.25, -0.2) is 24.3 Å². The molecule has 0 fully saturated rings. The summed E-state index contributed by atoms with van der Waals surface area (Å²) in [5, 5.41) is 0. The fourth-order valence-electron chi connectivity index (χ4n) is 0.680. The first-order valence-electron chi connectivity index (χ1n) is 3.43. The third-order valence-electron chi connectivity index (χ3n) is 1.17. The van der Waals surface area contributed by atoms with E-state index in [0.29, 0.717) is 0 Å². The predicted molar refractivity (Wildman–Crippen MR) is 44.5 cm³/mol. The Labute approximate surface area is 81.1 Å². The van der Waals surface area contributed by atoms with Crippen molar-refractivity contribution in [2.24, 2.45) is 0 Å². The Hall–Kier alpha value is -0.417. The Kier molecular flexibility index (Phi) is 7.40. The second-order valence-corrected chi connectivity index (χ2v) is 2.01. The maximum absolute atomic E-state index is 2.99. The molecule has 2 aliphatic rings. The van der Waals surface area contributed by atoms with Gasteiger partial charge in [0.05, 0.1) is 0 Å². The SMILES string of the molecule is [C-]1=CC=CC1.[C-]1=CC=CC1.[RuH+2]. The van der Waals surface area contributed by atoms with E-state index < -0.39 is 0 Å². The zero-order chi connectivity index (χ0) is 7.07. The van der Waals surface area contributed by atoms with E-state index in [4.69, 9.17) is 0 Å². The molecule has 0 unspecified atom stereocenters. The molecule has 0 spiro atoms. The Morgan fingerprint density at radius 1 is 0.818 bits per heavy atom. The van der Waals surface area contributed by atoms with Gasteiger partial charge < -0.3 is 0 Å². The quantitative estimate of drug-likeness (QED) is 0.444. The van der Waals surface area contributed by atoms with Gasteiger partial charge in [0, 0.05) is 0 Å². The summed E-state index contributed by atoms with van der Waals surface area (Å²) in [6.07, 6.45) is 20.0. The van der Waals surface area contributed by atoms with Crippen LogP contribution < -0.4 is 0 Å². The van der Waals surface area contributed by atoms with Crippen molar-refractivity contribution < 1.29 is 19.5 Å². The first-order chi connectivity index (χ1) is 5.00. The Balaban J connectivity index is 0.000000167. The molecule has 2 rings (SSSR count). The maximum atomic E-state index is 2.99. The van der Waals surface area contributed by atoms with Crippen LogP contribution in [0.5, 0.6) is 0 Å². The summed E-state index contributed by atoms with van der Waals surface area (Å²) in [6.45, 7) is 0. The van der Waals surface area contributed by atoms with Crippen LogP contribution in [0.4, 0.5) is 0 Å². The van der Waals surface area contributed by atoms with Gasteiger partial charge in [-0.15, -0.1) is 12.8 Å². The zero-order valence-corrected chi connectivity index (χ0v) is 8.11. The molecule has 0 aromatic heterocycles. The molecule has 2 aliphatic carbocycles. The van der Waals surface area contributed by atoms with Crippen molar-refractivity contribution in [2.45, 2.75) is 12.8 Å². The molecular formula is C10H11Ru. The second-order valence-electron chi connectivity index (χ2n) is 2.01. The van der Waals surface area contributed by atoms with Crippen LogP contribution in [0.1, 0.15) is 12.8 Å². The fraction of sp³-hybridized carbons (Fsp3) is 0.200. The summed E-state index contributed by atoms with van der Waals surface area (Å²) in [7, 11) is 0. The Bertz CT molecular complexity index is 143. The molecule has 0 aromatic carbocycles. The van der Waals surface area contributed by atoms with Gasteiger partial charge >= 0.3 is 19.5 Å². The van der Waals surface area contributed by atoms with Gasteiger partial charge in [-0.1, -0.05) is 0 Å². The molecule has 0 bridgehead atoms. The van der Waals surface area contributed by atoms with E-state index in [1.807, 2.05) is 24.3 Å². The van der Waals surface area contributed by atoms with Crippen LogP contribution in [0.3, 0.4) is 0 Å². The van der Waals surface area contributed by atoms with Crippen molar-refractivity contribution in [1.82, 2.24) is 0 Å². The van der Waals surface area contributed by atoms with Gasteiger partial charge in [-0.05, 0) is 0 Å². The van der Waals surface area contributed by atoms with E-state index in [2.05, 4.69) is 24.3 Å². The van der Waals surface area contributed by atoms with Crippen LogP contribution in [-0.4, -0.2) is 0 Å². The van der Waals surface area contributed by atoms with Crippen molar-refractivity contribution in [3.63, 3.8) is 0 Å². The summed E-state index contributed by atoms with van der Waals surface area (Å²) in [6, 6.07) is 0. The molecule has 11 heavy (non-hydrogen) atoms. The number of hydrogen-bond donors (Lipinski definition) is 0. The average Bonchev–Trinajstić information content (AvgIpc) is 2.67. The standard InChI is InChI=1S/2C5H5.Ru.H/c2*1-2-4-5-3-1;;/h2*1-3H,4H2;;/q2*-1;+2;. The summed E-state index contributed by atoms with van der Waals surface area (Å²) in [4.78, 5) is 0. The summed E-state index contributed by atoms with van der Waals surface area (Å²) in [5.74, 6) is 0. The minimum absolute atomic E-state index is 0. The van der Waals surface area contributed by atoms with Crippen LogP contribution in [0.15, 0.2) is 36.5 Å². The molecule has 0 heterocycles. The average molecular weight is 232 g/mol. The zero-order valence-electron chi connectivity index (χ0n) is 6.26. The molecule has 1 heteroatoms. The van der Waals surface area contributed by atoms with Crippen molar-refractivity contribution in [1.29, 1.82) is 0 Å². The van der Waals surface area contributed by atoms with E-state index in [9.17, 15) is 0 Å². The summed E-state index contributed by atoms with van der Waals surface area (Å²) in [5.41, 5.74) is 0. The van der Waals surface area contributed by atoms with E-state index in [0.717, 1.165) is 12.8 Å². The van der Waals surface area contributed by atoms with Crippen LogP contribution >= 0.6 is 0 Å². The first kappa shape index (κ1) is 10.6. The molecule has 0 aromatic rings. The summed E-state index contributed by atoms with van der Waals surface area (Å²) < 4.78 is 0. The number of hydrogen-bond acceptors (Lipinski definition) is 0. The molecule has 0 saturated heterocycles. The summed E-state index contributed by atoms with van der Waals surface area (Å²) >= 11 is 0. The number of rotatable bonds is 0. The molecule has 0 atom stereocenters. The molecule has 0 amide bonds. The van der Waals surface area contributed by atoms with Crippen LogP contribution in [0.25, 0.3) is 0 Å². The molecule has 0 saturated carbocycles. The number of allylic oxidation sites excluding steroid dienone is 8. The first-order valence-corrected chi connectivity index (χ1v) is 3.43. The van der Waals surface area contributed by atoms with Gasteiger partial charge in [-0.2, -0.15) is 12.2 Å². The molecule has 0 aliphatic heterocycles. The molecule has 0 radical (unpaired) electrons. The van der Waals surface area contributed by atoms with Crippen LogP contribution in [-0.2, 0) is 19.5 Å².